The highest BCUT2D eigenvalue weighted by atomic mass is 19.1. The smallest absolute Gasteiger partial charge is 0.276 e. The van der Waals surface area contributed by atoms with Crippen LogP contribution in [0.1, 0.15) is 86.7 Å². The first-order valence-electron chi connectivity index (χ1n) is 19.3. The van der Waals surface area contributed by atoms with Gasteiger partial charge in [-0.15, -0.1) is 0 Å². The summed E-state index contributed by atoms with van der Waals surface area (Å²) in [6.07, 6.45) is 0.246. The summed E-state index contributed by atoms with van der Waals surface area (Å²) in [7, 11) is 1.59. The highest BCUT2D eigenvalue weighted by Crippen LogP contribution is 2.40. The van der Waals surface area contributed by atoms with Gasteiger partial charge in [-0.3, -0.25) is 34.4 Å². The van der Waals surface area contributed by atoms with Crippen molar-refractivity contribution < 1.29 is 38.1 Å². The van der Waals surface area contributed by atoms with E-state index >= 15 is 0 Å². The Morgan fingerprint density at radius 3 is 2.29 bits per heavy atom. The number of aryl methyl sites for hydroxylation is 5. The van der Waals surface area contributed by atoms with Gasteiger partial charge in [0.1, 0.15) is 53.4 Å². The lowest BCUT2D eigenvalue weighted by Gasteiger charge is -2.28. The molecule has 7 N–H and O–H groups in total. The van der Waals surface area contributed by atoms with E-state index in [1.165, 1.54) is 10.7 Å². The van der Waals surface area contributed by atoms with E-state index in [0.29, 0.717) is 88.6 Å². The zero-order chi connectivity index (χ0) is 42.0. The van der Waals surface area contributed by atoms with Crippen molar-refractivity contribution in [3.05, 3.63) is 70.3 Å². The van der Waals surface area contributed by atoms with Gasteiger partial charge < -0.3 is 39.9 Å². The second-order valence-corrected chi connectivity index (χ2v) is 14.2. The molecule has 5 heterocycles. The van der Waals surface area contributed by atoms with Crippen LogP contribution in [0.2, 0.25) is 0 Å². The first kappa shape index (κ1) is 40.8. The molecule has 0 fully saturated rings. The van der Waals surface area contributed by atoms with Gasteiger partial charge in [0.15, 0.2) is 0 Å². The number of alkyl halides is 1. The molecule has 312 valence electrons. The van der Waals surface area contributed by atoms with Crippen LogP contribution in [0.3, 0.4) is 0 Å². The summed E-state index contributed by atoms with van der Waals surface area (Å²) >= 11 is 0. The van der Waals surface area contributed by atoms with E-state index in [0.717, 1.165) is 0 Å². The first-order valence-corrected chi connectivity index (χ1v) is 19.3. The maximum atomic E-state index is 13.7. The maximum Gasteiger partial charge on any atom is 0.276 e. The van der Waals surface area contributed by atoms with Crippen LogP contribution in [-0.4, -0.2) is 95.1 Å². The number of anilines is 2. The predicted molar refractivity (Wildman–Crippen MR) is 214 cm³/mol. The van der Waals surface area contributed by atoms with Crippen molar-refractivity contribution in [2.24, 2.45) is 11.5 Å². The molecule has 7 rings (SSSR count). The number of carbonyl (C=O) groups is 3. The van der Waals surface area contributed by atoms with Crippen molar-refractivity contribution in [1.82, 2.24) is 38.7 Å². The van der Waals surface area contributed by atoms with Gasteiger partial charge in [-0.05, 0) is 70.0 Å². The summed E-state index contributed by atoms with van der Waals surface area (Å²) in [5.41, 5.74) is 15.8. The summed E-state index contributed by atoms with van der Waals surface area (Å²) < 4.78 is 37.6. The van der Waals surface area contributed by atoms with Gasteiger partial charge in [-0.25, -0.2) is 14.4 Å². The number of aliphatic hydroxyl groups excluding tert-OH is 1. The molecule has 0 saturated carbocycles. The molecule has 0 saturated heterocycles. The van der Waals surface area contributed by atoms with Crippen LogP contribution in [0.5, 0.6) is 11.5 Å². The second-order valence-electron chi connectivity index (χ2n) is 14.2. The summed E-state index contributed by atoms with van der Waals surface area (Å²) in [5.74, 6) is -0.438. The number of hydrogen-bond donors (Lipinski definition) is 5. The van der Waals surface area contributed by atoms with Gasteiger partial charge in [-0.1, -0.05) is 0 Å². The second kappa shape index (κ2) is 17.2. The van der Waals surface area contributed by atoms with Crippen LogP contribution in [0.25, 0.3) is 22.1 Å². The molecule has 0 bridgehead atoms. The Morgan fingerprint density at radius 1 is 0.932 bits per heavy atom. The molecule has 3 amide bonds. The average Bonchev–Trinajstić information content (AvgIpc) is 3.97. The normalized spacial score (nSPS) is 14.1. The highest BCUT2D eigenvalue weighted by Gasteiger charge is 2.30. The maximum absolute atomic E-state index is 13.7. The van der Waals surface area contributed by atoms with Crippen LogP contribution in [0, 0.1) is 13.8 Å². The fourth-order valence-corrected chi connectivity index (χ4v) is 7.36. The lowest BCUT2D eigenvalue weighted by atomic mass is 10.1. The Labute approximate surface area is 337 Å². The topological polar surface area (TPSA) is 247 Å². The van der Waals surface area contributed by atoms with Gasteiger partial charge in [0.05, 0.1) is 41.6 Å². The number of rotatable bonds is 18. The van der Waals surface area contributed by atoms with E-state index in [1.807, 2.05) is 18.4 Å². The van der Waals surface area contributed by atoms with E-state index in [9.17, 15) is 23.9 Å². The number of nitrogens with zero attached hydrogens (tertiary/aromatic N) is 8. The summed E-state index contributed by atoms with van der Waals surface area (Å²) in [6, 6.07) is 9.31. The first-order chi connectivity index (χ1) is 28.4. The fraction of sp³-hybridized carbons (Fsp3) is 0.410. The molecular formula is C39H47FN12O7. The van der Waals surface area contributed by atoms with Gasteiger partial charge in [-0.2, -0.15) is 10.2 Å². The minimum Gasteiger partial charge on any atom is -0.491 e. The molecule has 0 aliphatic carbocycles. The monoisotopic (exact) mass is 814 g/mol. The van der Waals surface area contributed by atoms with E-state index in [4.69, 9.17) is 35.6 Å². The molecule has 19 nitrogen and oxygen atoms in total. The number of primary amides is 1. The number of imidazole rings is 2. The zero-order valence-corrected chi connectivity index (χ0v) is 33.2. The Balaban J connectivity index is 1.24. The van der Waals surface area contributed by atoms with Gasteiger partial charge in [0, 0.05) is 44.4 Å². The van der Waals surface area contributed by atoms with Crippen LogP contribution in [0.4, 0.5) is 16.3 Å². The molecule has 59 heavy (non-hydrogen) atoms. The van der Waals surface area contributed by atoms with E-state index in [2.05, 4.69) is 20.8 Å². The summed E-state index contributed by atoms with van der Waals surface area (Å²) in [4.78, 5) is 49.4. The number of methoxy groups -OCH3 is 1. The van der Waals surface area contributed by atoms with Crippen molar-refractivity contribution >= 4 is 51.7 Å². The molecular weight excluding hydrogens is 768 g/mol. The highest BCUT2D eigenvalue weighted by molar-refractivity contribution is 6.05. The third-order valence-electron chi connectivity index (χ3n) is 9.99. The van der Waals surface area contributed by atoms with Gasteiger partial charge in [0.2, 0.25) is 17.8 Å². The molecule has 1 aliphatic rings. The molecule has 4 aromatic heterocycles. The minimum absolute atomic E-state index is 0.110. The van der Waals surface area contributed by atoms with E-state index in [1.54, 1.807) is 53.6 Å². The number of aromatic nitrogens is 8. The van der Waals surface area contributed by atoms with Crippen molar-refractivity contribution in [2.75, 3.05) is 44.2 Å². The van der Waals surface area contributed by atoms with E-state index < -0.39 is 30.6 Å². The number of amides is 3. The predicted octanol–water partition coefficient (Wildman–Crippen LogP) is 3.77. The molecule has 2 aromatic carbocycles. The number of benzene rings is 2. The third-order valence-corrected chi connectivity index (χ3v) is 9.99. The third kappa shape index (κ3) is 8.32. The van der Waals surface area contributed by atoms with Crippen LogP contribution in [-0.2, 0) is 24.4 Å². The van der Waals surface area contributed by atoms with Crippen molar-refractivity contribution in [1.29, 1.82) is 0 Å². The summed E-state index contributed by atoms with van der Waals surface area (Å²) in [5, 5.41) is 24.7. The van der Waals surface area contributed by atoms with Crippen LogP contribution < -0.4 is 31.6 Å². The number of nitrogens with one attached hydrogen (secondary N) is 2. The van der Waals surface area contributed by atoms with Crippen LogP contribution >= 0.6 is 0 Å². The Bertz CT molecular complexity index is 2540. The largest absolute Gasteiger partial charge is 0.491 e. The van der Waals surface area contributed by atoms with Crippen molar-refractivity contribution in [3.63, 3.8) is 0 Å². The quantitative estimate of drug-likeness (QED) is 0.0615. The lowest BCUT2D eigenvalue weighted by molar-refractivity contribution is 0.0994. The van der Waals surface area contributed by atoms with Crippen molar-refractivity contribution in [3.8, 4) is 11.5 Å². The average molecular weight is 815 g/mol. The molecule has 1 unspecified atom stereocenters. The number of ether oxygens (including phenoxy) is 3. The number of hydrogen-bond acceptors (Lipinski definition) is 12. The molecule has 1 aliphatic heterocycles. The number of halogens is 1. The Morgan fingerprint density at radius 2 is 1.61 bits per heavy atom. The SMILES string of the molecule is CCn1nc(C)cc1C(=O)Nc1nc2cc(C(N)O)cc3c2n1[C@@H](CCCn1c(NC(=O)c2cc(C)nn2CCF)nc2cc(C(N)=O)cc(OCCCOC)c21)CO3. The number of aliphatic hydroxyl groups is 1. The van der Waals surface area contributed by atoms with Gasteiger partial charge in [0.25, 0.3) is 11.8 Å². The molecule has 0 spiro atoms. The van der Waals surface area contributed by atoms with Crippen LogP contribution in [0.15, 0.2) is 36.4 Å². The number of carbonyl (C=O) groups excluding carboxylic acids is 3. The minimum atomic E-state index is -1.28. The number of nitrogens with two attached hydrogens (primary N) is 2. The van der Waals surface area contributed by atoms with E-state index in [-0.39, 0.29) is 55.5 Å². The molecule has 2 atom stereocenters. The zero-order valence-electron chi connectivity index (χ0n) is 33.2. The molecule has 0 radical (unpaired) electrons. The fourth-order valence-electron chi connectivity index (χ4n) is 7.36. The lowest BCUT2D eigenvalue weighted by Crippen LogP contribution is -2.26. The number of fused-ring (bicyclic) bond motifs is 1. The Kier molecular flexibility index (Phi) is 11.9. The summed E-state index contributed by atoms with van der Waals surface area (Å²) in [6.45, 7) is 6.25. The Hall–Kier alpha value is -6.38. The van der Waals surface area contributed by atoms with Gasteiger partial charge >= 0.3 is 0 Å². The van der Waals surface area contributed by atoms with Crippen molar-refractivity contribution in [2.45, 2.75) is 71.9 Å². The molecule has 6 aromatic rings. The molecule has 20 heteroatoms. The standard InChI is InChI=1S/C39H47FN12O7/c1-5-50-28(14-21(2)47-50)36(55)46-39-44-27-17-24(35(42)54)19-31-33(27)52(39)25(20-59-31)8-6-10-49-32-26(16-23(34(41)53)18-30(32)58-13-7-12-57-4)43-38(49)45-37(56)29-15-22(3)48-51(29)11-9-40/h14-19,25,35,54H,5-13,20,42H2,1-4H3,(H2,41,53)(H,43,45,56)(H,44,46,55)/t25-,35?/m0/s1.